The fourth-order valence-corrected chi connectivity index (χ4v) is 5.20. The van der Waals surface area contributed by atoms with Gasteiger partial charge in [-0.25, -0.2) is 0 Å². The van der Waals surface area contributed by atoms with E-state index in [4.69, 9.17) is 0 Å². The van der Waals surface area contributed by atoms with Crippen LogP contribution < -0.4 is 15.1 Å². The molecule has 0 bridgehead atoms. The maximum absolute atomic E-state index is 12.5. The molecule has 2 saturated heterocycles. The smallest absolute Gasteiger partial charge is 0.279 e. The zero-order valence-corrected chi connectivity index (χ0v) is 16.1. The van der Waals surface area contributed by atoms with E-state index in [0.29, 0.717) is 12.6 Å². The SMILES string of the molecule is O=C(C[NH+]1CCC[C@H]1c1cccs1)Nc1ccc(N2CCCCC2)cc1. The number of likely N-dealkylation sites (tertiary alicyclic amines) is 1. The number of rotatable bonds is 5. The number of hydrogen-bond acceptors (Lipinski definition) is 3. The largest absolute Gasteiger partial charge is 0.372 e. The van der Waals surface area contributed by atoms with Crippen LogP contribution in [-0.2, 0) is 4.79 Å². The summed E-state index contributed by atoms with van der Waals surface area (Å²) < 4.78 is 0. The lowest BCUT2D eigenvalue weighted by molar-refractivity contribution is -0.910. The third-order valence-corrected chi connectivity index (χ3v) is 6.62. The van der Waals surface area contributed by atoms with E-state index >= 15 is 0 Å². The Morgan fingerprint density at radius 3 is 2.65 bits per heavy atom. The molecule has 26 heavy (non-hydrogen) atoms. The van der Waals surface area contributed by atoms with Crippen molar-refractivity contribution in [2.24, 2.45) is 0 Å². The Morgan fingerprint density at radius 2 is 1.92 bits per heavy atom. The lowest BCUT2D eigenvalue weighted by Crippen LogP contribution is -3.11. The monoisotopic (exact) mass is 370 g/mol. The number of nitrogens with one attached hydrogen (secondary N) is 2. The Labute approximate surface area is 159 Å². The van der Waals surface area contributed by atoms with Crippen molar-refractivity contribution in [2.75, 3.05) is 36.4 Å². The van der Waals surface area contributed by atoms with Crippen molar-refractivity contribution < 1.29 is 9.69 Å². The molecule has 2 atom stereocenters. The molecule has 1 unspecified atom stereocenters. The normalized spacial score (nSPS) is 23.2. The third-order valence-electron chi connectivity index (χ3n) is 5.63. The van der Waals surface area contributed by atoms with Gasteiger partial charge in [0.05, 0.1) is 11.4 Å². The minimum absolute atomic E-state index is 0.120. The molecule has 2 aliphatic heterocycles. The van der Waals surface area contributed by atoms with Crippen molar-refractivity contribution >= 4 is 28.6 Å². The number of carbonyl (C=O) groups excluding carboxylic acids is 1. The summed E-state index contributed by atoms with van der Waals surface area (Å²) in [5.41, 5.74) is 2.17. The summed E-state index contributed by atoms with van der Waals surface area (Å²) in [7, 11) is 0. The van der Waals surface area contributed by atoms with Gasteiger partial charge in [-0.1, -0.05) is 6.07 Å². The standard InChI is InChI=1S/C21H27N3OS/c25-21(16-24-14-4-6-19(24)20-7-5-15-26-20)22-17-8-10-18(11-9-17)23-12-2-1-3-13-23/h5,7-11,15,19H,1-4,6,12-14,16H2,(H,22,25)/p+1/t19-/m0/s1. The summed E-state index contributed by atoms with van der Waals surface area (Å²) in [6, 6.07) is 13.2. The van der Waals surface area contributed by atoms with E-state index in [1.807, 2.05) is 23.5 Å². The van der Waals surface area contributed by atoms with Gasteiger partial charge >= 0.3 is 0 Å². The molecule has 0 spiro atoms. The van der Waals surface area contributed by atoms with Gasteiger partial charge in [-0.3, -0.25) is 4.79 Å². The second-order valence-corrected chi connectivity index (χ2v) is 8.42. The number of carbonyl (C=O) groups is 1. The lowest BCUT2D eigenvalue weighted by atomic mass is 10.1. The first-order chi connectivity index (χ1) is 12.8. The highest BCUT2D eigenvalue weighted by atomic mass is 32.1. The van der Waals surface area contributed by atoms with Crippen LogP contribution in [0.1, 0.15) is 43.0 Å². The predicted molar refractivity (Wildman–Crippen MR) is 108 cm³/mol. The fraction of sp³-hybridized carbons (Fsp3) is 0.476. The van der Waals surface area contributed by atoms with Crippen molar-refractivity contribution in [1.82, 2.24) is 0 Å². The third kappa shape index (κ3) is 4.10. The second-order valence-electron chi connectivity index (χ2n) is 7.44. The molecule has 0 saturated carbocycles. The molecule has 4 nitrogen and oxygen atoms in total. The van der Waals surface area contributed by atoms with Crippen LogP contribution >= 0.6 is 11.3 Å². The molecule has 1 aromatic heterocycles. The van der Waals surface area contributed by atoms with Gasteiger partial charge < -0.3 is 15.1 Å². The molecule has 0 radical (unpaired) electrons. The molecule has 1 amide bonds. The highest BCUT2D eigenvalue weighted by Crippen LogP contribution is 2.24. The summed E-state index contributed by atoms with van der Waals surface area (Å²) >= 11 is 1.81. The maximum Gasteiger partial charge on any atom is 0.279 e. The van der Waals surface area contributed by atoms with Crippen LogP contribution in [0.15, 0.2) is 41.8 Å². The first-order valence-electron chi connectivity index (χ1n) is 9.82. The van der Waals surface area contributed by atoms with Crippen molar-refractivity contribution in [3.05, 3.63) is 46.7 Å². The Balaban J connectivity index is 1.33. The fourth-order valence-electron chi connectivity index (χ4n) is 4.28. The Morgan fingerprint density at radius 1 is 1.12 bits per heavy atom. The van der Waals surface area contributed by atoms with Gasteiger partial charge in [-0.05, 0) is 55.0 Å². The molecule has 2 aromatic rings. The van der Waals surface area contributed by atoms with Crippen LogP contribution in [0, 0.1) is 0 Å². The zero-order chi connectivity index (χ0) is 17.8. The maximum atomic E-state index is 12.5. The molecular weight excluding hydrogens is 342 g/mol. The molecule has 4 rings (SSSR count). The molecule has 2 N–H and O–H groups in total. The molecule has 0 aliphatic carbocycles. The number of anilines is 2. The Kier molecular flexibility index (Phi) is 5.56. The molecule has 2 aliphatic rings. The number of hydrogen-bond donors (Lipinski definition) is 2. The van der Waals surface area contributed by atoms with Crippen LogP contribution in [0.3, 0.4) is 0 Å². The number of amides is 1. The van der Waals surface area contributed by atoms with Crippen LogP contribution in [0.25, 0.3) is 0 Å². The highest BCUT2D eigenvalue weighted by molar-refractivity contribution is 7.10. The minimum Gasteiger partial charge on any atom is -0.372 e. The van der Waals surface area contributed by atoms with Crippen LogP contribution in [0.4, 0.5) is 11.4 Å². The van der Waals surface area contributed by atoms with Gasteiger partial charge in [-0.15, -0.1) is 11.3 Å². The summed E-state index contributed by atoms with van der Waals surface area (Å²) in [5, 5.41) is 5.22. The molecular formula is C21H28N3OS+. The van der Waals surface area contributed by atoms with Crippen LogP contribution in [0.5, 0.6) is 0 Å². The second kappa shape index (κ2) is 8.23. The quantitative estimate of drug-likeness (QED) is 0.849. The average molecular weight is 371 g/mol. The molecule has 2 fully saturated rings. The van der Waals surface area contributed by atoms with Crippen molar-refractivity contribution in [1.29, 1.82) is 0 Å². The van der Waals surface area contributed by atoms with Gasteiger partial charge in [0.2, 0.25) is 0 Å². The first-order valence-corrected chi connectivity index (χ1v) is 10.7. The van der Waals surface area contributed by atoms with Crippen molar-refractivity contribution in [3.8, 4) is 0 Å². The number of nitrogens with zero attached hydrogens (tertiary/aromatic N) is 1. The van der Waals surface area contributed by atoms with E-state index in [0.717, 1.165) is 25.3 Å². The highest BCUT2D eigenvalue weighted by Gasteiger charge is 2.32. The van der Waals surface area contributed by atoms with Gasteiger partial charge in [0.25, 0.3) is 5.91 Å². The summed E-state index contributed by atoms with van der Waals surface area (Å²) in [6.07, 6.45) is 6.30. The van der Waals surface area contributed by atoms with Gasteiger partial charge in [0.1, 0.15) is 6.04 Å². The van der Waals surface area contributed by atoms with Gasteiger partial charge in [0.15, 0.2) is 6.54 Å². The van der Waals surface area contributed by atoms with Crippen LogP contribution in [-0.4, -0.2) is 32.1 Å². The van der Waals surface area contributed by atoms with E-state index in [9.17, 15) is 4.79 Å². The molecule has 138 valence electrons. The Bertz CT molecular complexity index is 707. The van der Waals surface area contributed by atoms with E-state index in [2.05, 4.69) is 39.9 Å². The molecule has 1 aromatic carbocycles. The molecule has 5 heteroatoms. The lowest BCUT2D eigenvalue weighted by Gasteiger charge is -2.28. The summed E-state index contributed by atoms with van der Waals surface area (Å²) in [4.78, 5) is 17.8. The minimum atomic E-state index is 0.120. The number of benzene rings is 1. The van der Waals surface area contributed by atoms with Crippen LogP contribution in [0.2, 0.25) is 0 Å². The Hall–Kier alpha value is -1.85. The summed E-state index contributed by atoms with van der Waals surface area (Å²) in [6.45, 7) is 3.93. The topological polar surface area (TPSA) is 36.8 Å². The predicted octanol–water partition coefficient (Wildman–Crippen LogP) is 3.10. The van der Waals surface area contributed by atoms with Gasteiger partial charge in [0, 0.05) is 37.3 Å². The van der Waals surface area contributed by atoms with Crippen molar-refractivity contribution in [2.45, 2.75) is 38.1 Å². The number of piperidine rings is 1. The van der Waals surface area contributed by atoms with E-state index in [-0.39, 0.29) is 5.91 Å². The van der Waals surface area contributed by atoms with Gasteiger partial charge in [-0.2, -0.15) is 0 Å². The summed E-state index contributed by atoms with van der Waals surface area (Å²) in [5.74, 6) is 0.120. The molecule has 3 heterocycles. The average Bonchev–Trinajstić information content (AvgIpc) is 3.34. The van der Waals surface area contributed by atoms with E-state index in [1.165, 1.54) is 47.6 Å². The van der Waals surface area contributed by atoms with E-state index < -0.39 is 0 Å². The number of thiophene rings is 1. The van der Waals surface area contributed by atoms with Crippen molar-refractivity contribution in [3.63, 3.8) is 0 Å². The zero-order valence-electron chi connectivity index (χ0n) is 15.2. The van der Waals surface area contributed by atoms with E-state index in [1.54, 1.807) is 0 Å². The first kappa shape index (κ1) is 17.6. The number of quaternary nitrogens is 1.